The number of benzene rings is 2. The Labute approximate surface area is 186 Å². The van der Waals surface area contributed by atoms with E-state index in [2.05, 4.69) is 5.32 Å². The molecule has 1 heterocycles. The van der Waals surface area contributed by atoms with E-state index in [1.807, 2.05) is 77.8 Å². The van der Waals surface area contributed by atoms with Crippen molar-refractivity contribution in [3.63, 3.8) is 0 Å². The molecule has 1 aromatic heterocycles. The molecule has 0 aliphatic carbocycles. The van der Waals surface area contributed by atoms with Gasteiger partial charge in [-0.2, -0.15) is 16.9 Å². The first-order chi connectivity index (χ1) is 15.0. The van der Waals surface area contributed by atoms with E-state index >= 15 is 0 Å². The Bertz CT molecular complexity index is 1010. The first kappa shape index (κ1) is 22.4. The van der Waals surface area contributed by atoms with Crippen LogP contribution in [0.3, 0.4) is 0 Å². The van der Waals surface area contributed by atoms with Crippen molar-refractivity contribution in [2.75, 3.05) is 19.1 Å². The van der Waals surface area contributed by atoms with E-state index in [1.54, 1.807) is 23.7 Å². The molecule has 3 amide bonds. The highest BCUT2D eigenvalue weighted by atomic mass is 32.2. The maximum Gasteiger partial charge on any atom is 0.312 e. The summed E-state index contributed by atoms with van der Waals surface area (Å²) in [6, 6.07) is 18.4. The molecule has 3 aromatic rings. The van der Waals surface area contributed by atoms with Crippen LogP contribution in [0.2, 0.25) is 0 Å². The Morgan fingerprint density at radius 3 is 2.39 bits per heavy atom. The Morgan fingerprint density at radius 2 is 1.77 bits per heavy atom. The van der Waals surface area contributed by atoms with Gasteiger partial charge in [-0.3, -0.25) is 4.79 Å². The van der Waals surface area contributed by atoms with Gasteiger partial charge in [-0.05, 0) is 30.6 Å². The van der Waals surface area contributed by atoms with Crippen LogP contribution in [0.4, 0.5) is 4.79 Å². The van der Waals surface area contributed by atoms with Crippen LogP contribution in [0.1, 0.15) is 12.0 Å². The van der Waals surface area contributed by atoms with E-state index in [-0.39, 0.29) is 5.91 Å². The topological polar surface area (TPSA) is 93.2 Å². The Morgan fingerprint density at radius 1 is 1.13 bits per heavy atom. The Kier molecular flexibility index (Phi) is 7.72. The maximum atomic E-state index is 13.0. The van der Waals surface area contributed by atoms with Crippen LogP contribution in [0.15, 0.2) is 66.9 Å². The molecule has 3 N–H and O–H groups in total. The minimum atomic E-state index is -0.699. The van der Waals surface area contributed by atoms with Crippen molar-refractivity contribution in [2.45, 2.75) is 19.0 Å². The molecule has 0 bridgehead atoms. The third kappa shape index (κ3) is 5.88. The smallest absolute Gasteiger partial charge is 0.312 e. The van der Waals surface area contributed by atoms with Crippen molar-refractivity contribution in [2.24, 2.45) is 5.73 Å². The summed E-state index contributed by atoms with van der Waals surface area (Å²) >= 11 is 1.61. The number of primary amides is 1. The van der Waals surface area contributed by atoms with E-state index in [1.165, 1.54) is 0 Å². The van der Waals surface area contributed by atoms with E-state index in [0.717, 1.165) is 28.3 Å². The van der Waals surface area contributed by atoms with Crippen LogP contribution in [-0.4, -0.2) is 51.7 Å². The van der Waals surface area contributed by atoms with Crippen molar-refractivity contribution in [3.8, 4) is 16.9 Å². The van der Waals surface area contributed by atoms with Gasteiger partial charge in [0.15, 0.2) is 0 Å². The van der Waals surface area contributed by atoms with Crippen LogP contribution in [0, 0.1) is 0 Å². The molecule has 2 aromatic carbocycles. The molecule has 162 valence electrons. The number of hydrogen-bond donors (Lipinski definition) is 2. The molecule has 8 heteroatoms. The van der Waals surface area contributed by atoms with Crippen LogP contribution in [0.5, 0.6) is 0 Å². The number of thioether (sulfide) groups is 1. The van der Waals surface area contributed by atoms with Crippen molar-refractivity contribution >= 4 is 23.7 Å². The second-order valence-electron chi connectivity index (χ2n) is 7.19. The average molecular weight is 438 g/mol. The lowest BCUT2D eigenvalue weighted by Gasteiger charge is -2.24. The molecule has 0 aliphatic heterocycles. The lowest BCUT2D eigenvalue weighted by Crippen LogP contribution is -2.49. The fourth-order valence-corrected chi connectivity index (χ4v) is 3.81. The van der Waals surface area contributed by atoms with Crippen molar-refractivity contribution < 1.29 is 9.59 Å². The predicted molar refractivity (Wildman–Crippen MR) is 125 cm³/mol. The number of amides is 3. The number of aromatic nitrogens is 2. The van der Waals surface area contributed by atoms with Crippen LogP contribution in [0.25, 0.3) is 16.9 Å². The number of hydrogen-bond acceptors (Lipinski definition) is 4. The van der Waals surface area contributed by atoms with E-state index in [4.69, 9.17) is 10.8 Å². The van der Waals surface area contributed by atoms with Crippen LogP contribution < -0.4 is 11.1 Å². The fraction of sp³-hybridized carbons (Fsp3) is 0.261. The largest absolute Gasteiger partial charge is 0.352 e. The van der Waals surface area contributed by atoms with Crippen LogP contribution in [-0.2, 0) is 11.3 Å². The summed E-state index contributed by atoms with van der Waals surface area (Å²) in [5, 5.41) is 7.36. The highest BCUT2D eigenvalue weighted by Gasteiger charge is 2.24. The second-order valence-corrected chi connectivity index (χ2v) is 8.17. The van der Waals surface area contributed by atoms with Crippen LogP contribution >= 0.6 is 11.8 Å². The van der Waals surface area contributed by atoms with Gasteiger partial charge >= 0.3 is 6.03 Å². The molecule has 0 radical (unpaired) electrons. The molecule has 0 spiro atoms. The number of para-hydroxylation sites is 1. The zero-order valence-electron chi connectivity index (χ0n) is 17.7. The summed E-state index contributed by atoms with van der Waals surface area (Å²) in [6.45, 7) is 0.353. The van der Waals surface area contributed by atoms with Gasteiger partial charge in [0, 0.05) is 30.9 Å². The monoisotopic (exact) mass is 437 g/mol. The fourth-order valence-electron chi connectivity index (χ4n) is 3.34. The number of nitrogens with two attached hydrogens (primary N) is 1. The van der Waals surface area contributed by atoms with Gasteiger partial charge in [0.25, 0.3) is 0 Å². The zero-order valence-corrected chi connectivity index (χ0v) is 18.5. The number of carbonyl (C=O) groups excluding carboxylic acids is 2. The molecular formula is C23H27N5O2S. The SMILES string of the molecule is CSCCC(NC(N)=O)C(=O)N(C)Cc1cn(-c2ccccc2)nc1-c1ccccc1. The van der Waals surface area contributed by atoms with Gasteiger partial charge in [0.2, 0.25) is 5.91 Å². The third-order valence-corrected chi connectivity index (χ3v) is 5.51. The highest BCUT2D eigenvalue weighted by molar-refractivity contribution is 7.98. The van der Waals surface area contributed by atoms with Crippen molar-refractivity contribution in [1.82, 2.24) is 20.0 Å². The van der Waals surface area contributed by atoms with E-state index < -0.39 is 12.1 Å². The number of likely N-dealkylation sites (N-methyl/N-ethyl adjacent to an activating group) is 1. The van der Waals surface area contributed by atoms with Crippen molar-refractivity contribution in [3.05, 3.63) is 72.4 Å². The van der Waals surface area contributed by atoms with Crippen molar-refractivity contribution in [1.29, 1.82) is 0 Å². The zero-order chi connectivity index (χ0) is 22.2. The van der Waals surface area contributed by atoms with Gasteiger partial charge in [-0.25, -0.2) is 9.48 Å². The number of nitrogens with zero attached hydrogens (tertiary/aromatic N) is 3. The first-order valence-corrected chi connectivity index (χ1v) is 11.4. The molecule has 0 aliphatic rings. The Balaban J connectivity index is 1.89. The van der Waals surface area contributed by atoms with Gasteiger partial charge in [-0.15, -0.1) is 0 Å². The molecular weight excluding hydrogens is 410 g/mol. The standard InChI is InChI=1S/C23H27N5O2S/c1-27(22(29)20(13-14-31-2)25-23(24)30)15-18-16-28(19-11-7-4-8-12-19)26-21(18)17-9-5-3-6-10-17/h3-12,16,20H,13-15H2,1-2H3,(H3,24,25,30). The van der Waals surface area contributed by atoms with Gasteiger partial charge in [0.1, 0.15) is 6.04 Å². The third-order valence-electron chi connectivity index (χ3n) is 4.87. The maximum absolute atomic E-state index is 13.0. The number of nitrogens with one attached hydrogen (secondary N) is 1. The molecule has 0 saturated heterocycles. The van der Waals surface area contributed by atoms with Gasteiger partial charge in [-0.1, -0.05) is 48.5 Å². The summed E-state index contributed by atoms with van der Waals surface area (Å²) in [5.74, 6) is 0.561. The summed E-state index contributed by atoms with van der Waals surface area (Å²) in [7, 11) is 1.73. The lowest BCUT2D eigenvalue weighted by atomic mass is 10.1. The molecule has 31 heavy (non-hydrogen) atoms. The normalized spacial score (nSPS) is 11.7. The molecule has 0 fully saturated rings. The minimum absolute atomic E-state index is 0.181. The molecule has 0 saturated carbocycles. The summed E-state index contributed by atoms with van der Waals surface area (Å²) in [6.07, 6.45) is 4.42. The quantitative estimate of drug-likeness (QED) is 0.537. The summed E-state index contributed by atoms with van der Waals surface area (Å²) in [4.78, 5) is 26.0. The minimum Gasteiger partial charge on any atom is -0.352 e. The molecule has 3 rings (SSSR count). The Hall–Kier alpha value is -3.26. The molecule has 1 unspecified atom stereocenters. The summed E-state index contributed by atoms with van der Waals surface area (Å²) in [5.41, 5.74) is 8.92. The van der Waals surface area contributed by atoms with E-state index in [0.29, 0.717) is 13.0 Å². The highest BCUT2D eigenvalue weighted by Crippen LogP contribution is 2.25. The summed E-state index contributed by atoms with van der Waals surface area (Å²) < 4.78 is 1.82. The average Bonchev–Trinajstić information content (AvgIpc) is 3.20. The molecule has 7 nitrogen and oxygen atoms in total. The number of urea groups is 1. The van der Waals surface area contributed by atoms with E-state index in [9.17, 15) is 9.59 Å². The number of rotatable bonds is 9. The molecule has 1 atom stereocenters. The lowest BCUT2D eigenvalue weighted by molar-refractivity contribution is -0.132. The van der Waals surface area contributed by atoms with Gasteiger partial charge in [0.05, 0.1) is 11.4 Å². The first-order valence-electron chi connectivity index (χ1n) is 9.99. The number of carbonyl (C=O) groups is 2. The predicted octanol–water partition coefficient (Wildman–Crippen LogP) is 3.29. The van der Waals surface area contributed by atoms with Gasteiger partial charge < -0.3 is 16.0 Å². The second kappa shape index (κ2) is 10.7.